The van der Waals surface area contributed by atoms with Gasteiger partial charge in [-0.2, -0.15) is 0 Å². The summed E-state index contributed by atoms with van der Waals surface area (Å²) < 4.78 is 24.9. The Morgan fingerprint density at radius 3 is 2.54 bits per heavy atom. The molecule has 0 saturated carbocycles. The second kappa shape index (κ2) is 3.95. The molecule has 0 aliphatic heterocycles. The Bertz CT molecular complexity index is 389. The quantitative estimate of drug-likeness (QED) is 0.668. The number of carbonyl (C=O) groups is 1. The van der Waals surface area contributed by atoms with Crippen molar-refractivity contribution in [2.75, 3.05) is 0 Å². The second-order valence-corrected chi connectivity index (χ2v) is 3.37. The molecule has 1 aromatic rings. The number of alkyl halides is 2. The fourth-order valence-corrected chi connectivity index (χ4v) is 1.45. The van der Waals surface area contributed by atoms with Crippen LogP contribution in [0.15, 0.2) is 11.0 Å². The predicted molar refractivity (Wildman–Crippen MR) is 50.1 cm³/mol. The van der Waals surface area contributed by atoms with Gasteiger partial charge in [0.1, 0.15) is 0 Å². The maximum atomic E-state index is 12.3. The van der Waals surface area contributed by atoms with Crippen LogP contribution in [-0.4, -0.2) is 11.3 Å². The zero-order valence-corrected chi connectivity index (χ0v) is 8.34. The largest absolute Gasteiger partial charge is 0.328 e. The fourth-order valence-electron chi connectivity index (χ4n) is 0.872. The Hall–Kier alpha value is -0.790. The average Bonchev–Trinajstić information content (AvgIpc) is 2.07. The molecule has 1 N–H and O–H groups in total. The first-order valence-electron chi connectivity index (χ1n) is 3.22. The van der Waals surface area contributed by atoms with Crippen molar-refractivity contribution in [3.8, 4) is 0 Å². The van der Waals surface area contributed by atoms with Crippen molar-refractivity contribution in [1.82, 2.24) is 4.98 Å². The van der Waals surface area contributed by atoms with Crippen LogP contribution in [0.5, 0.6) is 0 Å². The first-order valence-corrected chi connectivity index (χ1v) is 4.30. The lowest BCUT2D eigenvalue weighted by molar-refractivity contribution is 0.110. The van der Waals surface area contributed by atoms with Crippen LogP contribution in [0.25, 0.3) is 0 Å². The Balaban J connectivity index is 3.53. The fraction of sp³-hybridized carbons (Fsp3) is 0.143. The number of aldehydes is 1. The van der Waals surface area contributed by atoms with Crippen molar-refractivity contribution in [2.45, 2.75) is 6.43 Å². The van der Waals surface area contributed by atoms with Gasteiger partial charge in [-0.3, -0.25) is 9.59 Å². The highest BCUT2D eigenvalue weighted by Gasteiger charge is 2.19. The minimum Gasteiger partial charge on any atom is -0.328 e. The number of hydrogen-bond acceptors (Lipinski definition) is 2. The first kappa shape index (κ1) is 10.3. The van der Waals surface area contributed by atoms with E-state index in [9.17, 15) is 18.4 Å². The third kappa shape index (κ3) is 1.93. The van der Waals surface area contributed by atoms with E-state index in [1.165, 1.54) is 6.20 Å². The maximum absolute atomic E-state index is 12.3. The van der Waals surface area contributed by atoms with Crippen LogP contribution in [0.1, 0.15) is 22.3 Å². The van der Waals surface area contributed by atoms with Gasteiger partial charge in [-0.15, -0.1) is 0 Å². The van der Waals surface area contributed by atoms with Gasteiger partial charge in [0, 0.05) is 15.3 Å². The highest BCUT2D eigenvalue weighted by atomic mass is 127. The van der Waals surface area contributed by atoms with Gasteiger partial charge in [-0.1, -0.05) is 0 Å². The van der Waals surface area contributed by atoms with Crippen molar-refractivity contribution in [3.05, 3.63) is 31.2 Å². The van der Waals surface area contributed by atoms with Crippen LogP contribution in [0.3, 0.4) is 0 Å². The molecule has 0 atom stereocenters. The van der Waals surface area contributed by atoms with Crippen LogP contribution in [0.4, 0.5) is 8.78 Å². The molecule has 3 nitrogen and oxygen atoms in total. The summed E-state index contributed by atoms with van der Waals surface area (Å²) >= 11 is 1.70. The highest BCUT2D eigenvalue weighted by molar-refractivity contribution is 14.1. The third-order valence-corrected chi connectivity index (χ3v) is 2.35. The van der Waals surface area contributed by atoms with E-state index in [1.807, 2.05) is 0 Å². The van der Waals surface area contributed by atoms with E-state index in [4.69, 9.17) is 0 Å². The van der Waals surface area contributed by atoms with E-state index in [2.05, 4.69) is 4.98 Å². The molecular weight excluding hydrogens is 295 g/mol. The molecule has 13 heavy (non-hydrogen) atoms. The van der Waals surface area contributed by atoms with Gasteiger partial charge in [0.25, 0.3) is 12.0 Å². The first-order chi connectivity index (χ1) is 6.07. The molecule has 0 spiro atoms. The number of H-pyrrole nitrogens is 1. The molecule has 0 amide bonds. The molecule has 0 fully saturated rings. The van der Waals surface area contributed by atoms with Crippen LogP contribution in [0, 0.1) is 3.57 Å². The van der Waals surface area contributed by atoms with Crippen molar-refractivity contribution >= 4 is 28.9 Å². The highest BCUT2D eigenvalue weighted by Crippen LogP contribution is 2.20. The van der Waals surface area contributed by atoms with Gasteiger partial charge in [-0.05, 0) is 22.6 Å². The molecule has 1 aromatic heterocycles. The number of aromatic amines is 1. The van der Waals surface area contributed by atoms with Crippen molar-refractivity contribution in [3.63, 3.8) is 0 Å². The number of halogens is 3. The molecular formula is C7H4F2INO2. The number of carbonyl (C=O) groups excluding carboxylic acids is 1. The number of hydrogen-bond donors (Lipinski definition) is 1. The monoisotopic (exact) mass is 299 g/mol. The van der Waals surface area contributed by atoms with Gasteiger partial charge in [0.05, 0.1) is 5.56 Å². The van der Waals surface area contributed by atoms with Crippen molar-refractivity contribution < 1.29 is 13.6 Å². The number of aromatic nitrogens is 1. The van der Waals surface area contributed by atoms with Gasteiger partial charge in [0.2, 0.25) is 0 Å². The SMILES string of the molecule is O=Cc1c(I)c[nH]c(=O)c1C(F)F. The average molecular weight is 299 g/mol. The zero-order chi connectivity index (χ0) is 10.0. The molecule has 1 heterocycles. The van der Waals surface area contributed by atoms with Crippen LogP contribution < -0.4 is 5.56 Å². The summed E-state index contributed by atoms with van der Waals surface area (Å²) in [5.41, 5.74) is -1.92. The molecule has 0 aliphatic carbocycles. The lowest BCUT2D eigenvalue weighted by Gasteiger charge is -2.02. The zero-order valence-electron chi connectivity index (χ0n) is 6.18. The lowest BCUT2D eigenvalue weighted by atomic mass is 10.1. The van der Waals surface area contributed by atoms with Crippen LogP contribution in [0.2, 0.25) is 0 Å². The Kier molecular flexibility index (Phi) is 3.12. The number of rotatable bonds is 2. The summed E-state index contributed by atoms with van der Waals surface area (Å²) in [6.07, 6.45) is -1.45. The molecule has 0 radical (unpaired) electrons. The van der Waals surface area contributed by atoms with Gasteiger partial charge < -0.3 is 4.98 Å². The molecule has 6 heteroatoms. The molecule has 0 saturated heterocycles. The smallest absolute Gasteiger partial charge is 0.269 e. The summed E-state index contributed by atoms with van der Waals surface area (Å²) in [5.74, 6) is 0. The molecule has 0 aliphatic rings. The van der Waals surface area contributed by atoms with Gasteiger partial charge in [0.15, 0.2) is 6.29 Å². The van der Waals surface area contributed by atoms with Crippen LogP contribution >= 0.6 is 22.6 Å². The maximum Gasteiger partial charge on any atom is 0.269 e. The summed E-state index contributed by atoms with van der Waals surface area (Å²) in [6, 6.07) is 0. The van der Waals surface area contributed by atoms with E-state index in [0.29, 0.717) is 3.57 Å². The topological polar surface area (TPSA) is 49.9 Å². The molecule has 70 valence electrons. The third-order valence-electron chi connectivity index (χ3n) is 1.46. The minimum atomic E-state index is -2.93. The van der Waals surface area contributed by atoms with Crippen LogP contribution in [-0.2, 0) is 0 Å². The number of nitrogens with one attached hydrogen (secondary N) is 1. The Labute approximate surface area is 85.3 Å². The predicted octanol–water partition coefficient (Wildman–Crippen LogP) is 1.73. The Morgan fingerprint density at radius 1 is 1.54 bits per heavy atom. The molecule has 0 unspecified atom stereocenters. The number of pyridine rings is 1. The van der Waals surface area contributed by atoms with E-state index in [-0.39, 0.29) is 11.8 Å². The summed E-state index contributed by atoms with van der Waals surface area (Å²) in [4.78, 5) is 23.4. The van der Waals surface area contributed by atoms with E-state index >= 15 is 0 Å². The van der Waals surface area contributed by atoms with Gasteiger partial charge in [-0.25, -0.2) is 8.78 Å². The lowest BCUT2D eigenvalue weighted by Crippen LogP contribution is -2.16. The van der Waals surface area contributed by atoms with E-state index in [0.717, 1.165) is 0 Å². The summed E-state index contributed by atoms with van der Waals surface area (Å²) in [7, 11) is 0. The van der Waals surface area contributed by atoms with Crippen molar-refractivity contribution in [2.24, 2.45) is 0 Å². The van der Waals surface area contributed by atoms with Crippen molar-refractivity contribution in [1.29, 1.82) is 0 Å². The molecule has 1 rings (SSSR count). The Morgan fingerprint density at radius 2 is 2.15 bits per heavy atom. The standard InChI is InChI=1S/C7H4F2INO2/c8-6(9)5-3(2-12)4(10)1-11-7(5)13/h1-2,6H,(H,11,13). The molecule has 0 bridgehead atoms. The van der Waals surface area contributed by atoms with Gasteiger partial charge >= 0.3 is 0 Å². The summed E-state index contributed by atoms with van der Waals surface area (Å²) in [5, 5.41) is 0. The van der Waals surface area contributed by atoms with E-state index < -0.39 is 17.5 Å². The summed E-state index contributed by atoms with van der Waals surface area (Å²) in [6.45, 7) is 0. The normalized spacial score (nSPS) is 10.5. The second-order valence-electron chi connectivity index (χ2n) is 2.21. The molecule has 0 aromatic carbocycles. The van der Waals surface area contributed by atoms with E-state index in [1.54, 1.807) is 22.6 Å². The minimum absolute atomic E-state index is 0.237.